The molecule has 5 heteroatoms. The summed E-state index contributed by atoms with van der Waals surface area (Å²) in [6.45, 7) is 2.97. The van der Waals surface area contributed by atoms with Gasteiger partial charge in [0.1, 0.15) is 12.4 Å². The van der Waals surface area contributed by atoms with Crippen molar-refractivity contribution in [2.75, 3.05) is 13.4 Å². The Morgan fingerprint density at radius 1 is 1.17 bits per heavy atom. The van der Waals surface area contributed by atoms with Gasteiger partial charge in [-0.15, -0.1) is 0 Å². The molecule has 1 saturated carbocycles. The number of hydrogen-bond acceptors (Lipinski definition) is 5. The van der Waals surface area contributed by atoms with Crippen molar-refractivity contribution in [3.63, 3.8) is 0 Å². The van der Waals surface area contributed by atoms with Crippen LogP contribution in [0.4, 0.5) is 0 Å². The smallest absolute Gasteiger partial charge is 0.196 e. The lowest BCUT2D eigenvalue weighted by molar-refractivity contribution is -0.327. The minimum absolute atomic E-state index is 0.223. The molecule has 1 aliphatic heterocycles. The maximum absolute atomic E-state index is 10.8. The van der Waals surface area contributed by atoms with Gasteiger partial charge in [-0.25, -0.2) is 0 Å². The van der Waals surface area contributed by atoms with E-state index in [-0.39, 0.29) is 18.5 Å². The van der Waals surface area contributed by atoms with Crippen molar-refractivity contribution >= 4 is 0 Å². The lowest BCUT2D eigenvalue weighted by Crippen LogP contribution is -2.36. The van der Waals surface area contributed by atoms with Crippen LogP contribution in [0, 0.1) is 17.8 Å². The third-order valence-corrected chi connectivity index (χ3v) is 7.20. The predicted octanol–water partition coefficient (Wildman–Crippen LogP) is 3.83. The quantitative estimate of drug-likeness (QED) is 0.580. The number of benzene rings is 1. The number of aliphatic hydroxyl groups is 2. The zero-order valence-corrected chi connectivity index (χ0v) is 17.6. The van der Waals surface area contributed by atoms with E-state index in [1.165, 1.54) is 24.0 Å². The van der Waals surface area contributed by atoms with Crippen LogP contribution in [-0.4, -0.2) is 42.1 Å². The molecule has 0 aromatic heterocycles. The molecular formula is C24H36O5. The molecule has 5 atom stereocenters. The molecule has 3 aliphatic rings. The van der Waals surface area contributed by atoms with Crippen LogP contribution in [0.15, 0.2) is 18.2 Å². The van der Waals surface area contributed by atoms with Crippen LogP contribution in [0.2, 0.25) is 0 Å². The van der Waals surface area contributed by atoms with Crippen molar-refractivity contribution in [3.05, 3.63) is 29.3 Å². The molecule has 1 aromatic carbocycles. The Bertz CT molecular complexity index is 659. The fourth-order valence-electron chi connectivity index (χ4n) is 5.52. The van der Waals surface area contributed by atoms with Gasteiger partial charge in [-0.05, 0) is 73.5 Å². The largest absolute Gasteiger partial charge is 0.488 e. The van der Waals surface area contributed by atoms with Gasteiger partial charge in [0.05, 0.1) is 12.2 Å². The second-order valence-corrected chi connectivity index (χ2v) is 9.11. The molecule has 4 rings (SSSR count). The Kier molecular flexibility index (Phi) is 7.12. The first-order valence-electron chi connectivity index (χ1n) is 11.5. The first-order valence-corrected chi connectivity index (χ1v) is 11.5. The van der Waals surface area contributed by atoms with E-state index in [1.54, 1.807) is 0 Å². The first kappa shape index (κ1) is 21.1. The maximum atomic E-state index is 10.8. The minimum Gasteiger partial charge on any atom is -0.488 e. The molecule has 29 heavy (non-hydrogen) atoms. The highest BCUT2D eigenvalue weighted by Crippen LogP contribution is 2.48. The van der Waals surface area contributed by atoms with E-state index in [1.807, 2.05) is 6.07 Å². The van der Waals surface area contributed by atoms with E-state index in [2.05, 4.69) is 19.1 Å². The van der Waals surface area contributed by atoms with Crippen LogP contribution in [0.5, 0.6) is 5.75 Å². The van der Waals surface area contributed by atoms with Crippen molar-refractivity contribution < 1.29 is 24.4 Å². The molecule has 2 N–H and O–H groups in total. The van der Waals surface area contributed by atoms with Gasteiger partial charge in [-0.1, -0.05) is 38.3 Å². The van der Waals surface area contributed by atoms with Crippen LogP contribution < -0.4 is 4.74 Å². The summed E-state index contributed by atoms with van der Waals surface area (Å²) in [4.78, 5) is 0. The summed E-state index contributed by atoms with van der Waals surface area (Å²) in [7, 11) is 0. The van der Waals surface area contributed by atoms with Gasteiger partial charge in [0.2, 0.25) is 0 Å². The Morgan fingerprint density at radius 2 is 2.03 bits per heavy atom. The molecule has 0 bridgehead atoms. The van der Waals surface area contributed by atoms with E-state index in [0.29, 0.717) is 31.2 Å². The Hall–Kier alpha value is -1.14. The van der Waals surface area contributed by atoms with Gasteiger partial charge in [0, 0.05) is 0 Å². The summed E-state index contributed by atoms with van der Waals surface area (Å²) in [6.07, 6.45) is 8.22. The minimum atomic E-state index is -0.247. The SMILES string of the molecule is CCCCC[C@H](O)CC[C@@H]1[C@H]2Cc3cccc(OCC4OCO4)c3C[C@H]2C[C@H]1O. The van der Waals surface area contributed by atoms with Gasteiger partial charge in [0.15, 0.2) is 13.1 Å². The lowest BCUT2D eigenvalue weighted by Gasteiger charge is -2.33. The lowest BCUT2D eigenvalue weighted by atomic mass is 9.73. The molecule has 1 saturated heterocycles. The number of rotatable bonds is 10. The summed E-state index contributed by atoms with van der Waals surface area (Å²) < 4.78 is 16.5. The number of ether oxygens (including phenoxy) is 3. The van der Waals surface area contributed by atoms with E-state index in [9.17, 15) is 10.2 Å². The maximum Gasteiger partial charge on any atom is 0.196 e. The number of unbranched alkanes of at least 4 members (excludes halogenated alkanes) is 2. The Balaban J connectivity index is 1.36. The molecular weight excluding hydrogens is 368 g/mol. The average Bonchev–Trinajstić information content (AvgIpc) is 2.98. The second-order valence-electron chi connectivity index (χ2n) is 9.11. The average molecular weight is 405 g/mol. The first-order chi connectivity index (χ1) is 14.2. The number of fused-ring (bicyclic) bond motifs is 2. The van der Waals surface area contributed by atoms with Gasteiger partial charge >= 0.3 is 0 Å². The number of aliphatic hydroxyl groups excluding tert-OH is 2. The van der Waals surface area contributed by atoms with Crippen LogP contribution in [-0.2, 0) is 22.3 Å². The van der Waals surface area contributed by atoms with E-state index in [0.717, 1.165) is 50.7 Å². The Labute approximate surface area is 174 Å². The molecule has 0 amide bonds. The summed E-state index contributed by atoms with van der Waals surface area (Å²) >= 11 is 0. The molecule has 1 heterocycles. The monoisotopic (exact) mass is 404 g/mol. The Morgan fingerprint density at radius 3 is 2.79 bits per heavy atom. The van der Waals surface area contributed by atoms with Crippen molar-refractivity contribution in [2.24, 2.45) is 17.8 Å². The topological polar surface area (TPSA) is 68.2 Å². The van der Waals surface area contributed by atoms with E-state index >= 15 is 0 Å². The fourth-order valence-corrected chi connectivity index (χ4v) is 5.52. The third-order valence-electron chi connectivity index (χ3n) is 7.20. The molecule has 1 aromatic rings. The van der Waals surface area contributed by atoms with Crippen molar-refractivity contribution in [1.29, 1.82) is 0 Å². The highest BCUT2D eigenvalue weighted by Gasteiger charge is 2.44. The molecule has 162 valence electrons. The molecule has 0 unspecified atom stereocenters. The fraction of sp³-hybridized carbons (Fsp3) is 0.750. The molecule has 5 nitrogen and oxygen atoms in total. The van der Waals surface area contributed by atoms with Gasteiger partial charge in [-0.2, -0.15) is 0 Å². The van der Waals surface area contributed by atoms with Crippen molar-refractivity contribution in [1.82, 2.24) is 0 Å². The summed E-state index contributed by atoms with van der Waals surface area (Å²) in [5.41, 5.74) is 2.64. The standard InChI is InChI=1S/C24H36O5/c1-2-3-4-7-18(25)9-10-19-20-11-16-6-5-8-23(27-14-24-28-15-29-24)21(16)12-17(20)13-22(19)26/h5-6,8,17-20,22,24-26H,2-4,7,9-15H2,1H3/t17-,18-,19+,20-,22+/m0/s1. The van der Waals surface area contributed by atoms with Crippen molar-refractivity contribution in [3.8, 4) is 5.75 Å². The van der Waals surface area contributed by atoms with E-state index < -0.39 is 0 Å². The van der Waals surface area contributed by atoms with Crippen LogP contribution in [0.25, 0.3) is 0 Å². The molecule has 2 aliphatic carbocycles. The number of hydrogen-bond donors (Lipinski definition) is 2. The molecule has 0 radical (unpaired) electrons. The predicted molar refractivity (Wildman–Crippen MR) is 111 cm³/mol. The second kappa shape index (κ2) is 9.78. The van der Waals surface area contributed by atoms with Gasteiger partial charge in [0.25, 0.3) is 0 Å². The summed E-state index contributed by atoms with van der Waals surface area (Å²) in [5.74, 6) is 2.24. The highest BCUT2D eigenvalue weighted by atomic mass is 16.9. The van der Waals surface area contributed by atoms with E-state index in [4.69, 9.17) is 14.2 Å². The summed E-state index contributed by atoms with van der Waals surface area (Å²) in [5, 5.41) is 21.1. The van der Waals surface area contributed by atoms with Gasteiger partial charge in [-0.3, -0.25) is 0 Å². The summed E-state index contributed by atoms with van der Waals surface area (Å²) in [6, 6.07) is 6.30. The van der Waals surface area contributed by atoms with Gasteiger partial charge < -0.3 is 24.4 Å². The van der Waals surface area contributed by atoms with Crippen LogP contribution in [0.1, 0.15) is 63.0 Å². The third kappa shape index (κ3) is 4.96. The van der Waals surface area contributed by atoms with Crippen LogP contribution >= 0.6 is 0 Å². The zero-order chi connectivity index (χ0) is 20.2. The van der Waals surface area contributed by atoms with Crippen molar-refractivity contribution in [2.45, 2.75) is 83.2 Å². The van der Waals surface area contributed by atoms with Crippen LogP contribution in [0.3, 0.4) is 0 Å². The highest BCUT2D eigenvalue weighted by molar-refractivity contribution is 5.43. The molecule has 2 fully saturated rings. The zero-order valence-electron chi connectivity index (χ0n) is 17.6. The normalized spacial score (nSPS) is 29.8. The molecule has 0 spiro atoms.